The quantitative estimate of drug-likeness (QED) is 0.602. The van der Waals surface area contributed by atoms with Crippen LogP contribution >= 0.6 is 0 Å². The molecule has 0 radical (unpaired) electrons. The first-order valence-electron chi connectivity index (χ1n) is 5.27. The van der Waals surface area contributed by atoms with Gasteiger partial charge in [0.25, 0.3) is 0 Å². The Labute approximate surface area is 98.6 Å². The zero-order chi connectivity index (χ0) is 12.8. The molecule has 0 bridgehead atoms. The van der Waals surface area contributed by atoms with Crippen molar-refractivity contribution in [1.29, 1.82) is 0 Å². The maximum absolute atomic E-state index is 11.5. The highest BCUT2D eigenvalue weighted by atomic mass is 16.6. The van der Waals surface area contributed by atoms with Gasteiger partial charge in [-0.1, -0.05) is 19.4 Å². The molecule has 17 heavy (non-hydrogen) atoms. The molecule has 0 spiro atoms. The van der Waals surface area contributed by atoms with Gasteiger partial charge in [0.2, 0.25) is 6.29 Å². The molecule has 1 atom stereocenters. The van der Waals surface area contributed by atoms with E-state index in [1.165, 1.54) is 24.3 Å². The maximum Gasteiger partial charge on any atom is 0.340 e. The number of hydrogen-bond donors (Lipinski definition) is 2. The fraction of sp³-hybridized carbons (Fsp3) is 0.333. The minimum Gasteiger partial charge on any atom is -0.478 e. The van der Waals surface area contributed by atoms with E-state index in [2.05, 4.69) is 0 Å². The van der Waals surface area contributed by atoms with E-state index in [1.54, 1.807) is 0 Å². The Morgan fingerprint density at radius 3 is 2.59 bits per heavy atom. The van der Waals surface area contributed by atoms with Crippen molar-refractivity contribution in [2.45, 2.75) is 26.1 Å². The molecule has 1 unspecified atom stereocenters. The highest BCUT2D eigenvalue weighted by Crippen LogP contribution is 2.09. The zero-order valence-corrected chi connectivity index (χ0v) is 9.42. The van der Waals surface area contributed by atoms with Gasteiger partial charge in [0, 0.05) is 6.42 Å². The summed E-state index contributed by atoms with van der Waals surface area (Å²) in [6.07, 6.45) is -0.116. The number of aliphatic hydroxyl groups excluding tert-OH is 1. The van der Waals surface area contributed by atoms with Crippen LogP contribution in [0.25, 0.3) is 0 Å². The van der Waals surface area contributed by atoms with Gasteiger partial charge in [0.1, 0.15) is 0 Å². The molecule has 0 aliphatic rings. The van der Waals surface area contributed by atoms with E-state index in [-0.39, 0.29) is 11.1 Å². The van der Waals surface area contributed by atoms with Crippen molar-refractivity contribution in [3.8, 4) is 0 Å². The second-order valence-electron chi connectivity index (χ2n) is 3.53. The fourth-order valence-electron chi connectivity index (χ4n) is 1.28. The molecule has 0 amide bonds. The number of carbonyl (C=O) groups excluding carboxylic acids is 1. The van der Waals surface area contributed by atoms with Crippen LogP contribution in [-0.4, -0.2) is 28.4 Å². The summed E-state index contributed by atoms with van der Waals surface area (Å²) >= 11 is 0. The summed E-state index contributed by atoms with van der Waals surface area (Å²) in [5, 5.41) is 18.1. The highest BCUT2D eigenvalue weighted by Gasteiger charge is 2.14. The van der Waals surface area contributed by atoms with Crippen LogP contribution < -0.4 is 0 Å². The zero-order valence-electron chi connectivity index (χ0n) is 9.42. The molecule has 0 saturated heterocycles. The number of hydrogen-bond acceptors (Lipinski definition) is 4. The van der Waals surface area contributed by atoms with Gasteiger partial charge in [-0.15, -0.1) is 0 Å². The molecule has 2 N–H and O–H groups in total. The smallest absolute Gasteiger partial charge is 0.340 e. The summed E-state index contributed by atoms with van der Waals surface area (Å²) < 4.78 is 4.74. The largest absolute Gasteiger partial charge is 0.478 e. The Morgan fingerprint density at radius 1 is 1.35 bits per heavy atom. The molecule has 0 heterocycles. The Kier molecular flexibility index (Phi) is 4.66. The van der Waals surface area contributed by atoms with Gasteiger partial charge in [0.05, 0.1) is 11.1 Å². The topological polar surface area (TPSA) is 83.8 Å². The van der Waals surface area contributed by atoms with Crippen LogP contribution in [0.2, 0.25) is 0 Å². The molecule has 0 saturated carbocycles. The second kappa shape index (κ2) is 6.00. The first-order valence-corrected chi connectivity index (χ1v) is 5.27. The molecular weight excluding hydrogens is 224 g/mol. The van der Waals surface area contributed by atoms with Crippen molar-refractivity contribution < 1.29 is 24.5 Å². The summed E-state index contributed by atoms with van der Waals surface area (Å²) in [6, 6.07) is 5.48. The van der Waals surface area contributed by atoms with Crippen LogP contribution in [0.15, 0.2) is 24.3 Å². The molecule has 0 aliphatic carbocycles. The second-order valence-corrected chi connectivity index (χ2v) is 3.53. The number of rotatable bonds is 5. The minimum atomic E-state index is -1.15. The lowest BCUT2D eigenvalue weighted by atomic mass is 10.1. The molecule has 1 rings (SSSR count). The first-order chi connectivity index (χ1) is 8.04. The molecule has 1 aromatic carbocycles. The lowest BCUT2D eigenvalue weighted by Crippen LogP contribution is -2.17. The van der Waals surface area contributed by atoms with E-state index in [4.69, 9.17) is 9.84 Å². The molecule has 0 aromatic heterocycles. The van der Waals surface area contributed by atoms with E-state index >= 15 is 0 Å². The van der Waals surface area contributed by atoms with Gasteiger partial charge < -0.3 is 14.9 Å². The predicted octanol–water partition coefficient (Wildman–Crippen LogP) is 1.66. The van der Waals surface area contributed by atoms with Gasteiger partial charge in [0.15, 0.2) is 0 Å². The normalized spacial score (nSPS) is 11.9. The van der Waals surface area contributed by atoms with Gasteiger partial charge in [-0.2, -0.15) is 0 Å². The number of carboxylic acid groups (broad SMARTS) is 1. The number of ether oxygens (including phenoxy) is 1. The number of aliphatic hydroxyl groups is 1. The van der Waals surface area contributed by atoms with Crippen molar-refractivity contribution in [3.63, 3.8) is 0 Å². The SMILES string of the molecule is CCCC(O)OC(=O)c1cccc(C(=O)O)c1. The fourth-order valence-corrected chi connectivity index (χ4v) is 1.28. The van der Waals surface area contributed by atoms with Gasteiger partial charge in [-0.25, -0.2) is 9.59 Å². The van der Waals surface area contributed by atoms with Crippen molar-refractivity contribution in [2.75, 3.05) is 0 Å². The van der Waals surface area contributed by atoms with E-state index in [0.29, 0.717) is 12.8 Å². The average molecular weight is 238 g/mol. The summed E-state index contributed by atoms with van der Waals surface area (Å²) in [6.45, 7) is 1.85. The van der Waals surface area contributed by atoms with Gasteiger partial charge in [-0.05, 0) is 18.2 Å². The average Bonchev–Trinajstić information content (AvgIpc) is 2.29. The monoisotopic (exact) mass is 238 g/mol. The van der Waals surface area contributed by atoms with E-state index in [0.717, 1.165) is 0 Å². The van der Waals surface area contributed by atoms with Crippen LogP contribution in [-0.2, 0) is 4.74 Å². The third kappa shape index (κ3) is 3.88. The van der Waals surface area contributed by atoms with Crippen molar-refractivity contribution in [1.82, 2.24) is 0 Å². The maximum atomic E-state index is 11.5. The van der Waals surface area contributed by atoms with Crippen molar-refractivity contribution >= 4 is 11.9 Å². The van der Waals surface area contributed by atoms with Gasteiger partial charge >= 0.3 is 11.9 Å². The van der Waals surface area contributed by atoms with Crippen LogP contribution in [0.1, 0.15) is 40.5 Å². The Morgan fingerprint density at radius 2 is 2.00 bits per heavy atom. The van der Waals surface area contributed by atoms with Crippen LogP contribution in [0.3, 0.4) is 0 Å². The number of carbonyl (C=O) groups is 2. The lowest BCUT2D eigenvalue weighted by Gasteiger charge is -2.10. The van der Waals surface area contributed by atoms with E-state index in [9.17, 15) is 14.7 Å². The highest BCUT2D eigenvalue weighted by molar-refractivity contribution is 5.94. The number of carboxylic acids is 1. The number of esters is 1. The predicted molar refractivity (Wildman–Crippen MR) is 59.7 cm³/mol. The molecule has 0 aliphatic heterocycles. The Hall–Kier alpha value is -1.88. The molecule has 92 valence electrons. The van der Waals surface area contributed by atoms with Crippen LogP contribution in [0.5, 0.6) is 0 Å². The van der Waals surface area contributed by atoms with Crippen molar-refractivity contribution in [2.24, 2.45) is 0 Å². The third-order valence-corrected chi connectivity index (χ3v) is 2.12. The molecule has 0 fully saturated rings. The summed E-state index contributed by atoms with van der Waals surface area (Å²) in [4.78, 5) is 22.2. The molecular formula is C12H14O5. The van der Waals surface area contributed by atoms with Crippen LogP contribution in [0.4, 0.5) is 0 Å². The first kappa shape index (κ1) is 13.2. The Balaban J connectivity index is 2.75. The number of benzene rings is 1. The minimum absolute atomic E-state index is 0.00410. The van der Waals surface area contributed by atoms with E-state index < -0.39 is 18.2 Å². The van der Waals surface area contributed by atoms with Crippen LogP contribution in [0, 0.1) is 0 Å². The summed E-state index contributed by atoms with van der Waals surface area (Å²) in [5.41, 5.74) is 0.115. The number of aromatic carboxylic acids is 1. The molecule has 1 aromatic rings. The Bertz CT molecular complexity index is 413. The molecule has 5 nitrogen and oxygen atoms in total. The molecule has 5 heteroatoms. The van der Waals surface area contributed by atoms with E-state index in [1.807, 2.05) is 6.92 Å². The lowest BCUT2D eigenvalue weighted by molar-refractivity contribution is -0.0685. The summed E-state index contributed by atoms with van der Waals surface area (Å²) in [5.74, 6) is -1.84. The van der Waals surface area contributed by atoms with Gasteiger partial charge in [-0.3, -0.25) is 0 Å². The summed E-state index contributed by atoms with van der Waals surface area (Å²) in [7, 11) is 0. The third-order valence-electron chi connectivity index (χ3n) is 2.12. The van der Waals surface area contributed by atoms with Crippen molar-refractivity contribution in [3.05, 3.63) is 35.4 Å². The standard InChI is InChI=1S/C12H14O5/c1-2-4-10(13)17-12(16)9-6-3-5-8(7-9)11(14)15/h3,5-7,10,13H,2,4H2,1H3,(H,14,15).